The topological polar surface area (TPSA) is 51.1 Å². The van der Waals surface area contributed by atoms with Gasteiger partial charge in [0.15, 0.2) is 16.7 Å². The minimum atomic E-state index is -0.290. The number of hydrogen-bond acceptors (Lipinski definition) is 5. The number of rotatable bonds is 2. The molecule has 0 aliphatic carbocycles. The van der Waals surface area contributed by atoms with Crippen LogP contribution in [0.4, 0.5) is 5.69 Å². The van der Waals surface area contributed by atoms with Gasteiger partial charge >= 0.3 is 0 Å². The summed E-state index contributed by atoms with van der Waals surface area (Å²) in [6, 6.07) is 15.3. The van der Waals surface area contributed by atoms with Crippen LogP contribution >= 0.6 is 11.8 Å². The van der Waals surface area contributed by atoms with E-state index in [4.69, 9.17) is 14.5 Å². The summed E-state index contributed by atoms with van der Waals surface area (Å²) >= 11 is 1.40. The van der Waals surface area contributed by atoms with Crippen molar-refractivity contribution in [1.82, 2.24) is 0 Å². The summed E-state index contributed by atoms with van der Waals surface area (Å²) in [5.41, 5.74) is 1.42. The molecule has 0 unspecified atom stereocenters. The number of benzene rings is 2. The smallest absolute Gasteiger partial charge is 0.271 e. The summed E-state index contributed by atoms with van der Waals surface area (Å²) in [5.74, 6) is 1.37. The highest BCUT2D eigenvalue weighted by atomic mass is 32.2. The maximum absolute atomic E-state index is 13.2. The van der Waals surface area contributed by atoms with Crippen LogP contribution in [0.5, 0.6) is 11.5 Å². The first kappa shape index (κ1) is 18.6. The van der Waals surface area contributed by atoms with Crippen molar-refractivity contribution in [3.63, 3.8) is 0 Å². The number of thioether (sulfide) groups is 1. The Morgan fingerprint density at radius 3 is 2.46 bits per heavy atom. The van der Waals surface area contributed by atoms with Gasteiger partial charge in [-0.2, -0.15) is 0 Å². The van der Waals surface area contributed by atoms with E-state index in [0.29, 0.717) is 29.0 Å². The molecule has 0 N–H and O–H groups in total. The lowest BCUT2D eigenvalue weighted by molar-refractivity contribution is -0.113. The average Bonchev–Trinajstić information content (AvgIpc) is 2.95. The predicted molar refractivity (Wildman–Crippen MR) is 114 cm³/mol. The summed E-state index contributed by atoms with van der Waals surface area (Å²) in [4.78, 5) is 20.3. The zero-order valence-corrected chi connectivity index (χ0v) is 17.0. The lowest BCUT2D eigenvalue weighted by Gasteiger charge is -2.19. The lowest BCUT2D eigenvalue weighted by atomic mass is 10.1. The van der Waals surface area contributed by atoms with Crippen LogP contribution in [0.3, 0.4) is 0 Å². The van der Waals surface area contributed by atoms with E-state index in [-0.39, 0.29) is 11.4 Å². The van der Waals surface area contributed by atoms with Crippen molar-refractivity contribution in [1.29, 1.82) is 0 Å². The summed E-state index contributed by atoms with van der Waals surface area (Å²) in [7, 11) is 0. The highest BCUT2D eigenvalue weighted by Gasteiger charge is 2.35. The molecule has 1 saturated heterocycles. The summed E-state index contributed by atoms with van der Waals surface area (Å²) in [6.45, 7) is 7.16. The van der Waals surface area contributed by atoms with Crippen LogP contribution in [0.2, 0.25) is 0 Å². The normalized spacial score (nSPS) is 19.5. The maximum atomic E-state index is 13.2. The monoisotopic (exact) mass is 394 g/mol. The SMILES string of the molecule is CC(C)(C)/N=C1\S/C(=C\c2ccc3c(c2)OCCO3)C(=O)N1c1ccccc1. The van der Waals surface area contributed by atoms with Gasteiger partial charge in [0.25, 0.3) is 5.91 Å². The maximum Gasteiger partial charge on any atom is 0.271 e. The van der Waals surface area contributed by atoms with Crippen LogP contribution in [0.25, 0.3) is 6.08 Å². The second-order valence-corrected chi connectivity index (χ2v) is 8.56. The van der Waals surface area contributed by atoms with Crippen molar-refractivity contribution in [2.75, 3.05) is 18.1 Å². The van der Waals surface area contributed by atoms with E-state index in [2.05, 4.69) is 0 Å². The third-order valence-corrected chi connectivity index (χ3v) is 5.08. The van der Waals surface area contributed by atoms with Gasteiger partial charge in [-0.1, -0.05) is 24.3 Å². The number of amidine groups is 1. The van der Waals surface area contributed by atoms with Gasteiger partial charge in [0, 0.05) is 0 Å². The van der Waals surface area contributed by atoms with E-state index in [1.54, 1.807) is 4.90 Å². The molecule has 1 fully saturated rings. The van der Waals surface area contributed by atoms with Gasteiger partial charge in [-0.3, -0.25) is 14.7 Å². The minimum Gasteiger partial charge on any atom is -0.486 e. The van der Waals surface area contributed by atoms with E-state index in [1.807, 2.05) is 75.4 Å². The molecule has 0 spiro atoms. The number of hydrogen-bond donors (Lipinski definition) is 0. The van der Waals surface area contributed by atoms with Crippen LogP contribution in [0, 0.1) is 0 Å². The summed E-state index contributed by atoms with van der Waals surface area (Å²) in [5, 5.41) is 0.687. The molecule has 0 aromatic heterocycles. The van der Waals surface area contributed by atoms with Gasteiger partial charge in [0.2, 0.25) is 0 Å². The second-order valence-electron chi connectivity index (χ2n) is 7.56. The number of fused-ring (bicyclic) bond motifs is 1. The molecular formula is C22H22N2O3S. The molecule has 2 aromatic rings. The first-order valence-electron chi connectivity index (χ1n) is 9.19. The van der Waals surface area contributed by atoms with Crippen molar-refractivity contribution < 1.29 is 14.3 Å². The Balaban J connectivity index is 1.71. The quantitative estimate of drug-likeness (QED) is 0.691. The van der Waals surface area contributed by atoms with Crippen molar-refractivity contribution in [2.45, 2.75) is 26.3 Å². The van der Waals surface area contributed by atoms with Gasteiger partial charge in [0.05, 0.1) is 16.1 Å². The van der Waals surface area contributed by atoms with Crippen LogP contribution < -0.4 is 14.4 Å². The Bertz CT molecular complexity index is 961. The number of para-hydroxylation sites is 1. The minimum absolute atomic E-state index is 0.0749. The Morgan fingerprint density at radius 1 is 1.04 bits per heavy atom. The average molecular weight is 394 g/mol. The van der Waals surface area contributed by atoms with Crippen molar-refractivity contribution in [3.05, 3.63) is 59.0 Å². The highest BCUT2D eigenvalue weighted by Crippen LogP contribution is 2.38. The molecule has 2 aliphatic heterocycles. The molecule has 4 rings (SSSR count). The zero-order valence-electron chi connectivity index (χ0n) is 16.1. The lowest BCUT2D eigenvalue weighted by Crippen LogP contribution is -2.30. The number of carbonyl (C=O) groups excluding carboxylic acids is 1. The van der Waals surface area contributed by atoms with E-state index < -0.39 is 0 Å². The van der Waals surface area contributed by atoms with Crippen molar-refractivity contribution in [3.8, 4) is 11.5 Å². The van der Waals surface area contributed by atoms with Gasteiger partial charge in [-0.15, -0.1) is 0 Å². The standard InChI is InChI=1S/C22H22N2O3S/c1-22(2,3)23-21-24(16-7-5-4-6-8-16)20(25)19(28-21)14-15-9-10-17-18(13-15)27-12-11-26-17/h4-10,13-14H,11-12H2,1-3H3/b19-14-,23-21-. The number of carbonyl (C=O) groups is 1. The van der Waals surface area contributed by atoms with Gasteiger partial charge in [-0.25, -0.2) is 0 Å². The molecule has 0 atom stereocenters. The van der Waals surface area contributed by atoms with Crippen LogP contribution in [0.1, 0.15) is 26.3 Å². The third kappa shape index (κ3) is 3.92. The number of anilines is 1. The van der Waals surface area contributed by atoms with Gasteiger partial charge in [-0.05, 0) is 68.4 Å². The highest BCUT2D eigenvalue weighted by molar-refractivity contribution is 8.19. The fourth-order valence-electron chi connectivity index (χ4n) is 2.94. The summed E-state index contributed by atoms with van der Waals surface area (Å²) in [6.07, 6.45) is 1.88. The molecule has 2 aliphatic rings. The number of aliphatic imine (C=N–C) groups is 1. The molecular weight excluding hydrogens is 372 g/mol. The summed E-state index contributed by atoms with van der Waals surface area (Å²) < 4.78 is 11.2. The number of ether oxygens (including phenoxy) is 2. The molecule has 1 amide bonds. The van der Waals surface area contributed by atoms with E-state index in [0.717, 1.165) is 17.0 Å². The van der Waals surface area contributed by atoms with E-state index in [1.165, 1.54) is 11.8 Å². The van der Waals surface area contributed by atoms with E-state index >= 15 is 0 Å². The number of amides is 1. The molecule has 144 valence electrons. The predicted octanol–water partition coefficient (Wildman–Crippen LogP) is 4.73. The van der Waals surface area contributed by atoms with Crippen LogP contribution in [-0.2, 0) is 4.79 Å². The second kappa shape index (κ2) is 7.36. The third-order valence-electron chi connectivity index (χ3n) is 4.12. The van der Waals surface area contributed by atoms with Crippen molar-refractivity contribution >= 4 is 34.6 Å². The van der Waals surface area contributed by atoms with Crippen LogP contribution in [0.15, 0.2) is 58.4 Å². The van der Waals surface area contributed by atoms with Gasteiger partial charge < -0.3 is 9.47 Å². The van der Waals surface area contributed by atoms with Crippen LogP contribution in [-0.4, -0.2) is 29.8 Å². The molecule has 2 aromatic carbocycles. The Labute approximate surface area is 169 Å². The fourth-order valence-corrected chi connectivity index (χ4v) is 4.11. The van der Waals surface area contributed by atoms with Crippen molar-refractivity contribution in [2.24, 2.45) is 4.99 Å². The Morgan fingerprint density at radius 2 is 1.75 bits per heavy atom. The molecule has 2 heterocycles. The molecule has 0 radical (unpaired) electrons. The fraction of sp³-hybridized carbons (Fsp3) is 0.273. The Hall–Kier alpha value is -2.73. The zero-order chi connectivity index (χ0) is 19.7. The van der Waals surface area contributed by atoms with Gasteiger partial charge in [0.1, 0.15) is 13.2 Å². The molecule has 0 bridgehead atoms. The number of nitrogens with zero attached hydrogens (tertiary/aromatic N) is 2. The van der Waals surface area contributed by atoms with E-state index in [9.17, 15) is 4.79 Å². The Kier molecular flexibility index (Phi) is 4.89. The molecule has 6 heteroatoms. The first-order chi connectivity index (χ1) is 13.4. The molecule has 0 saturated carbocycles. The largest absolute Gasteiger partial charge is 0.486 e. The first-order valence-corrected chi connectivity index (χ1v) is 10.0. The molecule has 28 heavy (non-hydrogen) atoms. The molecule has 5 nitrogen and oxygen atoms in total.